The molecule has 2 fully saturated rings. The Labute approximate surface area is 179 Å². The number of rotatable bonds is 5. The molecule has 2 saturated carbocycles. The summed E-state index contributed by atoms with van der Waals surface area (Å²) in [6.07, 6.45) is 10.7. The van der Waals surface area contributed by atoms with Crippen molar-refractivity contribution >= 4 is 33.5 Å². The molecule has 1 amide bonds. The Morgan fingerprint density at radius 1 is 1.19 bits per heavy atom. The zero-order valence-corrected chi connectivity index (χ0v) is 17.6. The van der Waals surface area contributed by atoms with Crippen LogP contribution in [0.25, 0.3) is 27.5 Å². The number of amides is 1. The molecule has 7 nitrogen and oxygen atoms in total. The number of primary amides is 1. The lowest BCUT2D eigenvalue weighted by molar-refractivity contribution is 0.100. The Morgan fingerprint density at radius 3 is 2.68 bits per heavy atom. The number of nitrogen functional groups attached to an aromatic ring is 1. The van der Waals surface area contributed by atoms with Crippen molar-refractivity contribution in [3.05, 3.63) is 46.9 Å². The number of nitrogens with zero attached hydrogens (tertiary/aromatic N) is 3. The predicted molar refractivity (Wildman–Crippen MR) is 121 cm³/mol. The van der Waals surface area contributed by atoms with Crippen LogP contribution in [0.1, 0.15) is 65.2 Å². The molecule has 3 heterocycles. The summed E-state index contributed by atoms with van der Waals surface area (Å²) < 4.78 is 2.05. The fourth-order valence-corrected chi connectivity index (χ4v) is 5.16. The molecule has 2 aliphatic carbocycles. The third-order valence-corrected chi connectivity index (χ3v) is 7.12. The number of hydrogen-bond donors (Lipinski definition) is 3. The van der Waals surface area contributed by atoms with E-state index >= 15 is 0 Å². The number of carbonyl (C=O) groups is 1. The van der Waals surface area contributed by atoms with Crippen LogP contribution in [-0.4, -0.2) is 25.7 Å². The largest absolute Gasteiger partial charge is 0.384 e. The van der Waals surface area contributed by atoms with Gasteiger partial charge in [0.25, 0.3) is 5.91 Å². The Kier molecular flexibility index (Phi) is 3.91. The number of nitrogens with two attached hydrogens (primary N) is 2. The van der Waals surface area contributed by atoms with Crippen molar-refractivity contribution in [2.45, 2.75) is 51.4 Å². The summed E-state index contributed by atoms with van der Waals surface area (Å²) in [7, 11) is 0. The van der Waals surface area contributed by atoms with E-state index in [9.17, 15) is 4.79 Å². The van der Waals surface area contributed by atoms with Crippen molar-refractivity contribution in [3.63, 3.8) is 0 Å². The molecule has 0 unspecified atom stereocenters. The normalized spacial score (nSPS) is 16.8. The van der Waals surface area contributed by atoms with Gasteiger partial charge in [-0.2, -0.15) is 5.10 Å². The Bertz CT molecular complexity index is 1360. The van der Waals surface area contributed by atoms with Crippen molar-refractivity contribution in [1.82, 2.24) is 19.7 Å². The van der Waals surface area contributed by atoms with Gasteiger partial charge >= 0.3 is 0 Å². The zero-order valence-electron chi connectivity index (χ0n) is 17.6. The van der Waals surface area contributed by atoms with Crippen molar-refractivity contribution in [2.75, 3.05) is 5.73 Å². The minimum atomic E-state index is -0.520. The molecule has 0 spiro atoms. The van der Waals surface area contributed by atoms with Gasteiger partial charge in [0.05, 0.1) is 28.5 Å². The minimum Gasteiger partial charge on any atom is -0.384 e. The number of aromatic nitrogens is 4. The molecule has 0 atom stereocenters. The molecule has 0 aliphatic heterocycles. The number of pyridine rings is 1. The highest BCUT2D eigenvalue weighted by molar-refractivity contribution is 6.13. The molecule has 3 aromatic heterocycles. The van der Waals surface area contributed by atoms with E-state index in [0.717, 1.165) is 39.5 Å². The average molecular weight is 415 g/mol. The van der Waals surface area contributed by atoms with E-state index in [2.05, 4.69) is 23.2 Å². The lowest BCUT2D eigenvalue weighted by atomic mass is 9.80. The molecular formula is C24H26N6O. The molecule has 6 rings (SSSR count). The van der Waals surface area contributed by atoms with Crippen LogP contribution >= 0.6 is 0 Å². The van der Waals surface area contributed by atoms with Gasteiger partial charge in [-0.3, -0.25) is 19.4 Å². The van der Waals surface area contributed by atoms with Crippen LogP contribution in [0.15, 0.2) is 24.5 Å². The van der Waals surface area contributed by atoms with E-state index in [1.165, 1.54) is 43.4 Å². The Balaban J connectivity index is 1.75. The summed E-state index contributed by atoms with van der Waals surface area (Å²) in [6, 6.07) is 4.07. The van der Waals surface area contributed by atoms with Crippen molar-refractivity contribution in [1.29, 1.82) is 0 Å². The second-order valence-electron chi connectivity index (χ2n) is 9.18. The van der Waals surface area contributed by atoms with Gasteiger partial charge in [0, 0.05) is 28.6 Å². The van der Waals surface area contributed by atoms with Gasteiger partial charge in [-0.1, -0.05) is 25.3 Å². The average Bonchev–Trinajstić information content (AvgIpc) is 3.36. The van der Waals surface area contributed by atoms with Gasteiger partial charge in [-0.15, -0.1) is 0 Å². The molecule has 0 radical (unpaired) electrons. The van der Waals surface area contributed by atoms with Gasteiger partial charge in [-0.25, -0.2) is 0 Å². The van der Waals surface area contributed by atoms with Crippen molar-refractivity contribution < 1.29 is 4.79 Å². The molecule has 4 aromatic rings. The van der Waals surface area contributed by atoms with Crippen LogP contribution in [0.2, 0.25) is 0 Å². The second kappa shape index (κ2) is 6.57. The first-order valence-corrected chi connectivity index (χ1v) is 11.1. The SMILES string of the molecule is Cc1ccc2[nH]ncc2c1-n1c(N)c(C(N)=O)c2cnc(C3CC3)c(CC3CCC3)c21. The van der Waals surface area contributed by atoms with Crippen LogP contribution in [-0.2, 0) is 6.42 Å². The van der Waals surface area contributed by atoms with Gasteiger partial charge in [0.1, 0.15) is 5.82 Å². The predicted octanol–water partition coefficient (Wildman–Crippen LogP) is 4.11. The molecule has 7 heteroatoms. The molecule has 5 N–H and O–H groups in total. The topological polar surface area (TPSA) is 116 Å². The third kappa shape index (κ3) is 2.69. The first-order valence-electron chi connectivity index (χ1n) is 11.1. The lowest BCUT2D eigenvalue weighted by Crippen LogP contribution is -2.16. The van der Waals surface area contributed by atoms with Crippen LogP contribution in [0, 0.1) is 12.8 Å². The number of aromatic amines is 1. The number of anilines is 1. The van der Waals surface area contributed by atoms with Gasteiger partial charge in [0.2, 0.25) is 0 Å². The van der Waals surface area contributed by atoms with Gasteiger partial charge in [-0.05, 0) is 49.3 Å². The van der Waals surface area contributed by atoms with Crippen LogP contribution < -0.4 is 11.5 Å². The second-order valence-corrected chi connectivity index (χ2v) is 9.18. The quantitative estimate of drug-likeness (QED) is 0.456. The summed E-state index contributed by atoms with van der Waals surface area (Å²) in [4.78, 5) is 17.3. The third-order valence-electron chi connectivity index (χ3n) is 7.12. The van der Waals surface area contributed by atoms with E-state index in [0.29, 0.717) is 23.2 Å². The maximum atomic E-state index is 12.5. The number of carbonyl (C=O) groups excluding carboxylic acids is 1. The summed E-state index contributed by atoms with van der Waals surface area (Å²) >= 11 is 0. The van der Waals surface area contributed by atoms with Crippen LogP contribution in [0.5, 0.6) is 0 Å². The first kappa shape index (κ1) is 18.4. The number of hydrogen-bond acceptors (Lipinski definition) is 4. The van der Waals surface area contributed by atoms with E-state index in [1.54, 1.807) is 0 Å². The fraction of sp³-hybridized carbons (Fsp3) is 0.375. The summed E-state index contributed by atoms with van der Waals surface area (Å²) in [5.41, 5.74) is 19.2. The zero-order chi connectivity index (χ0) is 21.3. The molecule has 2 aliphatic rings. The molecule has 0 saturated heterocycles. The van der Waals surface area contributed by atoms with Gasteiger partial charge < -0.3 is 11.5 Å². The first-order chi connectivity index (χ1) is 15.0. The minimum absolute atomic E-state index is 0.361. The van der Waals surface area contributed by atoms with Gasteiger partial charge in [0.15, 0.2) is 0 Å². The molecule has 158 valence electrons. The molecule has 0 bridgehead atoms. The highest BCUT2D eigenvalue weighted by Gasteiger charge is 2.33. The van der Waals surface area contributed by atoms with E-state index < -0.39 is 5.91 Å². The van der Waals surface area contributed by atoms with E-state index in [-0.39, 0.29) is 0 Å². The number of fused-ring (bicyclic) bond motifs is 2. The lowest BCUT2D eigenvalue weighted by Gasteiger charge is -2.27. The molecule has 1 aromatic carbocycles. The smallest absolute Gasteiger partial charge is 0.253 e. The molecule has 31 heavy (non-hydrogen) atoms. The maximum absolute atomic E-state index is 12.5. The van der Waals surface area contributed by atoms with Crippen LogP contribution in [0.4, 0.5) is 5.82 Å². The standard InChI is InChI=1S/C24H26N6O/c1-12-5-8-18-16(11-28-29-18)21(12)30-22-15(9-13-3-2-4-13)20(14-6-7-14)27-10-17(22)19(23(30)25)24(26)31/h5,8,10-11,13-14H,2-4,6-7,9,25H2,1H3,(H2,26,31)(H,28,29). The Morgan fingerprint density at radius 2 is 2.00 bits per heavy atom. The maximum Gasteiger partial charge on any atom is 0.253 e. The number of benzene rings is 1. The highest BCUT2D eigenvalue weighted by Crippen LogP contribution is 2.46. The monoisotopic (exact) mass is 414 g/mol. The molecular weight excluding hydrogens is 388 g/mol. The number of H-pyrrole nitrogens is 1. The number of nitrogens with one attached hydrogen (secondary N) is 1. The van der Waals surface area contributed by atoms with E-state index in [1.807, 2.05) is 23.0 Å². The van der Waals surface area contributed by atoms with Crippen molar-refractivity contribution in [2.24, 2.45) is 11.7 Å². The fourth-order valence-electron chi connectivity index (χ4n) is 5.16. The van der Waals surface area contributed by atoms with E-state index in [4.69, 9.17) is 16.5 Å². The number of aryl methyl sites for hydroxylation is 1. The summed E-state index contributed by atoms with van der Waals surface area (Å²) in [6.45, 7) is 2.06. The highest BCUT2D eigenvalue weighted by atomic mass is 16.1. The van der Waals surface area contributed by atoms with Crippen LogP contribution in [0.3, 0.4) is 0 Å². The summed E-state index contributed by atoms with van der Waals surface area (Å²) in [5, 5.41) is 9.02. The Hall–Kier alpha value is -3.35. The summed E-state index contributed by atoms with van der Waals surface area (Å²) in [5.74, 6) is 1.03. The van der Waals surface area contributed by atoms with Crippen molar-refractivity contribution in [3.8, 4) is 5.69 Å².